The number of thioether (sulfide) groups is 1. The molecule has 0 saturated heterocycles. The Bertz CT molecular complexity index is 603. The van der Waals surface area contributed by atoms with E-state index in [1.54, 1.807) is 0 Å². The van der Waals surface area contributed by atoms with Crippen molar-refractivity contribution in [3.05, 3.63) is 35.4 Å². The number of carbonyl (C=O) groups is 2. The van der Waals surface area contributed by atoms with Crippen LogP contribution in [0.15, 0.2) is 24.3 Å². The third-order valence-electron chi connectivity index (χ3n) is 5.37. The fourth-order valence-corrected chi connectivity index (χ4v) is 4.74. The highest BCUT2D eigenvalue weighted by molar-refractivity contribution is 8.00. The molecule has 0 amide bonds. The van der Waals surface area contributed by atoms with Gasteiger partial charge in [-0.1, -0.05) is 89.0 Å². The van der Waals surface area contributed by atoms with Crippen molar-refractivity contribution in [1.29, 1.82) is 0 Å². The van der Waals surface area contributed by atoms with Crippen molar-refractivity contribution in [3.63, 3.8) is 0 Å². The summed E-state index contributed by atoms with van der Waals surface area (Å²) in [5.41, 5.74) is 2.22. The van der Waals surface area contributed by atoms with Crippen LogP contribution in [0.4, 0.5) is 0 Å². The summed E-state index contributed by atoms with van der Waals surface area (Å²) < 4.78 is 9.73. The van der Waals surface area contributed by atoms with Crippen LogP contribution in [0.3, 0.4) is 0 Å². The number of ether oxygens (including phenoxy) is 2. The van der Waals surface area contributed by atoms with E-state index >= 15 is 0 Å². The number of unbranched alkanes of at least 4 members (excludes halogenated alkanes) is 9. The SMILES string of the molecule is CCCCCCCCCCCCc1ccccc1C(SCCC(=O)OC)C(=O)OC. The van der Waals surface area contributed by atoms with Crippen LogP contribution in [-0.2, 0) is 25.5 Å². The lowest BCUT2D eigenvalue weighted by molar-refractivity contribution is -0.141. The van der Waals surface area contributed by atoms with E-state index in [9.17, 15) is 9.59 Å². The number of hydrogen-bond acceptors (Lipinski definition) is 5. The standard InChI is InChI=1S/C25H40O4S/c1-4-5-6-7-8-9-10-11-12-13-16-21-17-14-15-18-22(21)24(25(27)29-3)30-20-19-23(26)28-2/h14-15,17-18,24H,4-13,16,19-20H2,1-3H3. The summed E-state index contributed by atoms with van der Waals surface area (Å²) in [5.74, 6) is 0.00381. The Morgan fingerprint density at radius 3 is 2.07 bits per heavy atom. The summed E-state index contributed by atoms with van der Waals surface area (Å²) in [6.45, 7) is 2.26. The molecule has 0 aliphatic rings. The molecule has 0 saturated carbocycles. The van der Waals surface area contributed by atoms with E-state index in [4.69, 9.17) is 9.47 Å². The third kappa shape index (κ3) is 11.1. The summed E-state index contributed by atoms with van der Waals surface area (Å²) in [6.07, 6.45) is 14.4. The molecule has 0 bridgehead atoms. The molecular weight excluding hydrogens is 396 g/mol. The Morgan fingerprint density at radius 2 is 1.47 bits per heavy atom. The minimum atomic E-state index is -0.404. The van der Waals surface area contributed by atoms with E-state index in [0.29, 0.717) is 5.75 Å². The molecule has 0 N–H and O–H groups in total. The number of aryl methyl sites for hydroxylation is 1. The molecule has 1 aromatic rings. The average Bonchev–Trinajstić information content (AvgIpc) is 2.77. The minimum absolute atomic E-state index is 0.259. The molecule has 30 heavy (non-hydrogen) atoms. The number of rotatable bonds is 17. The molecule has 0 radical (unpaired) electrons. The van der Waals surface area contributed by atoms with Crippen LogP contribution in [0.1, 0.15) is 93.9 Å². The first-order valence-electron chi connectivity index (χ1n) is 11.5. The number of methoxy groups -OCH3 is 2. The van der Waals surface area contributed by atoms with Gasteiger partial charge < -0.3 is 9.47 Å². The largest absolute Gasteiger partial charge is 0.469 e. The van der Waals surface area contributed by atoms with Gasteiger partial charge in [0.05, 0.1) is 20.6 Å². The van der Waals surface area contributed by atoms with Crippen LogP contribution in [0.5, 0.6) is 0 Å². The molecule has 0 aliphatic heterocycles. The molecule has 0 fully saturated rings. The summed E-state index contributed by atoms with van der Waals surface area (Å²) >= 11 is 1.45. The van der Waals surface area contributed by atoms with Crippen molar-refractivity contribution in [2.75, 3.05) is 20.0 Å². The van der Waals surface area contributed by atoms with Gasteiger partial charge in [0.2, 0.25) is 0 Å². The Hall–Kier alpha value is -1.49. The van der Waals surface area contributed by atoms with E-state index in [0.717, 1.165) is 18.4 Å². The van der Waals surface area contributed by atoms with Crippen molar-refractivity contribution >= 4 is 23.7 Å². The predicted molar refractivity (Wildman–Crippen MR) is 126 cm³/mol. The summed E-state index contributed by atoms with van der Waals surface area (Å²) in [6, 6.07) is 8.12. The zero-order chi connectivity index (χ0) is 22.0. The lowest BCUT2D eigenvalue weighted by Gasteiger charge is -2.18. The van der Waals surface area contributed by atoms with Crippen molar-refractivity contribution in [2.45, 2.75) is 89.2 Å². The monoisotopic (exact) mass is 436 g/mol. The Balaban J connectivity index is 2.47. The van der Waals surface area contributed by atoms with Crippen LogP contribution >= 0.6 is 11.8 Å². The molecule has 0 aromatic heterocycles. The minimum Gasteiger partial charge on any atom is -0.469 e. The fraction of sp³-hybridized carbons (Fsp3) is 0.680. The second kappa shape index (κ2) is 17.2. The fourth-order valence-electron chi connectivity index (χ4n) is 3.57. The van der Waals surface area contributed by atoms with Gasteiger partial charge in [-0.25, -0.2) is 0 Å². The summed E-state index contributed by atoms with van der Waals surface area (Å²) in [5, 5.41) is -0.404. The lowest BCUT2D eigenvalue weighted by Crippen LogP contribution is -2.14. The molecule has 0 aliphatic carbocycles. The maximum atomic E-state index is 12.4. The molecule has 1 unspecified atom stereocenters. The van der Waals surface area contributed by atoms with Gasteiger partial charge in [0.15, 0.2) is 0 Å². The van der Waals surface area contributed by atoms with E-state index < -0.39 is 5.25 Å². The van der Waals surface area contributed by atoms with Gasteiger partial charge in [-0.3, -0.25) is 9.59 Å². The molecule has 4 nitrogen and oxygen atoms in total. The molecule has 0 spiro atoms. The first-order chi connectivity index (χ1) is 14.6. The highest BCUT2D eigenvalue weighted by atomic mass is 32.2. The van der Waals surface area contributed by atoms with Gasteiger partial charge >= 0.3 is 11.9 Å². The van der Waals surface area contributed by atoms with Crippen molar-refractivity contribution in [1.82, 2.24) is 0 Å². The van der Waals surface area contributed by atoms with Gasteiger partial charge in [0.25, 0.3) is 0 Å². The van der Waals surface area contributed by atoms with Gasteiger partial charge in [-0.2, -0.15) is 0 Å². The molecule has 1 atom stereocenters. The summed E-state index contributed by atoms with van der Waals surface area (Å²) in [4.78, 5) is 23.8. The number of esters is 2. The predicted octanol–water partition coefficient (Wildman–Crippen LogP) is 6.66. The Labute approximate surface area is 187 Å². The zero-order valence-corrected chi connectivity index (χ0v) is 19.9. The summed E-state index contributed by atoms with van der Waals surface area (Å²) in [7, 11) is 2.80. The van der Waals surface area contributed by atoms with E-state index in [1.807, 2.05) is 18.2 Å². The van der Waals surface area contributed by atoms with Gasteiger partial charge in [0, 0.05) is 5.75 Å². The van der Waals surface area contributed by atoms with E-state index in [2.05, 4.69) is 13.0 Å². The van der Waals surface area contributed by atoms with Crippen molar-refractivity contribution in [3.8, 4) is 0 Å². The van der Waals surface area contributed by atoms with Crippen LogP contribution in [0, 0.1) is 0 Å². The zero-order valence-electron chi connectivity index (χ0n) is 19.1. The maximum absolute atomic E-state index is 12.4. The Morgan fingerprint density at radius 1 is 0.867 bits per heavy atom. The molecule has 1 rings (SSSR count). The van der Waals surface area contributed by atoms with Crippen molar-refractivity contribution < 1.29 is 19.1 Å². The van der Waals surface area contributed by atoms with E-state index in [-0.39, 0.29) is 18.4 Å². The molecular formula is C25H40O4S. The molecule has 5 heteroatoms. The number of benzene rings is 1. The normalized spacial score (nSPS) is 11.8. The van der Waals surface area contributed by atoms with Gasteiger partial charge in [0.1, 0.15) is 5.25 Å². The van der Waals surface area contributed by atoms with Crippen LogP contribution in [0.2, 0.25) is 0 Å². The topological polar surface area (TPSA) is 52.6 Å². The molecule has 170 valence electrons. The maximum Gasteiger partial charge on any atom is 0.323 e. The first kappa shape index (κ1) is 26.5. The second-order valence-corrected chi connectivity index (χ2v) is 8.94. The highest BCUT2D eigenvalue weighted by Gasteiger charge is 2.24. The second-order valence-electron chi connectivity index (χ2n) is 7.73. The quantitative estimate of drug-likeness (QED) is 0.202. The third-order valence-corrected chi connectivity index (χ3v) is 6.59. The lowest BCUT2D eigenvalue weighted by atomic mass is 9.98. The van der Waals surface area contributed by atoms with E-state index in [1.165, 1.54) is 89.3 Å². The first-order valence-corrected chi connectivity index (χ1v) is 12.5. The van der Waals surface area contributed by atoms with Crippen LogP contribution < -0.4 is 0 Å². The molecule has 1 aromatic carbocycles. The average molecular weight is 437 g/mol. The van der Waals surface area contributed by atoms with Crippen LogP contribution in [-0.4, -0.2) is 31.9 Å². The van der Waals surface area contributed by atoms with Gasteiger partial charge in [-0.05, 0) is 24.0 Å². The number of carbonyl (C=O) groups excluding carboxylic acids is 2. The number of hydrogen-bond donors (Lipinski definition) is 0. The smallest absolute Gasteiger partial charge is 0.323 e. The van der Waals surface area contributed by atoms with Gasteiger partial charge in [-0.15, -0.1) is 11.8 Å². The van der Waals surface area contributed by atoms with Crippen molar-refractivity contribution in [2.24, 2.45) is 0 Å². The highest BCUT2D eigenvalue weighted by Crippen LogP contribution is 2.33. The van der Waals surface area contributed by atoms with Crippen LogP contribution in [0.25, 0.3) is 0 Å². The Kier molecular flexibility index (Phi) is 15.2. The molecule has 0 heterocycles.